The van der Waals surface area contributed by atoms with Gasteiger partial charge in [0, 0.05) is 18.8 Å². The Balaban J connectivity index is 1.90. The molecule has 0 aliphatic carbocycles. The molecule has 0 saturated heterocycles. The standard InChI is InChI=1S/C15H23N3S/c1-4-15(5-2)18-8-6-14(17-18)10-16-12(3)13-7-9-19-11-13/h6-9,11-12,15-16H,4-5,10H2,1-3H3. The quantitative estimate of drug-likeness (QED) is 0.823. The number of aromatic nitrogens is 2. The lowest BCUT2D eigenvalue weighted by molar-refractivity contribution is 0.423. The summed E-state index contributed by atoms with van der Waals surface area (Å²) in [7, 11) is 0. The highest BCUT2D eigenvalue weighted by atomic mass is 32.1. The van der Waals surface area contributed by atoms with Crippen LogP contribution < -0.4 is 5.32 Å². The molecule has 0 radical (unpaired) electrons. The second-order valence-electron chi connectivity index (χ2n) is 4.92. The van der Waals surface area contributed by atoms with E-state index in [1.165, 1.54) is 5.56 Å². The summed E-state index contributed by atoms with van der Waals surface area (Å²) in [6.07, 6.45) is 4.37. The monoisotopic (exact) mass is 277 g/mol. The van der Waals surface area contributed by atoms with Gasteiger partial charge in [-0.25, -0.2) is 0 Å². The molecule has 4 heteroatoms. The van der Waals surface area contributed by atoms with Gasteiger partial charge in [-0.15, -0.1) is 0 Å². The molecule has 2 aromatic heterocycles. The molecule has 19 heavy (non-hydrogen) atoms. The van der Waals surface area contributed by atoms with Gasteiger partial charge in [-0.3, -0.25) is 4.68 Å². The minimum Gasteiger partial charge on any atom is -0.304 e. The summed E-state index contributed by atoms with van der Waals surface area (Å²) < 4.78 is 2.10. The van der Waals surface area contributed by atoms with Crippen molar-refractivity contribution in [3.05, 3.63) is 40.3 Å². The van der Waals surface area contributed by atoms with Crippen molar-refractivity contribution in [1.29, 1.82) is 0 Å². The summed E-state index contributed by atoms with van der Waals surface area (Å²) in [5, 5.41) is 12.5. The Morgan fingerprint density at radius 1 is 1.32 bits per heavy atom. The van der Waals surface area contributed by atoms with Gasteiger partial charge in [0.05, 0.1) is 11.7 Å². The molecule has 2 heterocycles. The molecule has 2 rings (SSSR count). The molecule has 0 aliphatic rings. The van der Waals surface area contributed by atoms with E-state index < -0.39 is 0 Å². The topological polar surface area (TPSA) is 29.9 Å². The van der Waals surface area contributed by atoms with Crippen LogP contribution in [0.25, 0.3) is 0 Å². The van der Waals surface area contributed by atoms with Crippen LogP contribution in [-0.4, -0.2) is 9.78 Å². The van der Waals surface area contributed by atoms with Crippen molar-refractivity contribution in [3.8, 4) is 0 Å². The fourth-order valence-corrected chi connectivity index (χ4v) is 2.99. The smallest absolute Gasteiger partial charge is 0.0762 e. The van der Waals surface area contributed by atoms with Crippen LogP contribution in [0.4, 0.5) is 0 Å². The van der Waals surface area contributed by atoms with Gasteiger partial charge < -0.3 is 5.32 Å². The maximum atomic E-state index is 4.66. The Morgan fingerprint density at radius 2 is 2.11 bits per heavy atom. The van der Waals surface area contributed by atoms with E-state index in [1.807, 2.05) is 0 Å². The normalized spacial score (nSPS) is 13.1. The molecule has 3 nitrogen and oxygen atoms in total. The van der Waals surface area contributed by atoms with Crippen LogP contribution in [0.5, 0.6) is 0 Å². The summed E-state index contributed by atoms with van der Waals surface area (Å²) >= 11 is 1.74. The van der Waals surface area contributed by atoms with Gasteiger partial charge in [-0.1, -0.05) is 13.8 Å². The van der Waals surface area contributed by atoms with E-state index in [0.29, 0.717) is 12.1 Å². The van der Waals surface area contributed by atoms with Crippen LogP contribution in [0.3, 0.4) is 0 Å². The lowest BCUT2D eigenvalue weighted by atomic mass is 10.2. The second-order valence-corrected chi connectivity index (χ2v) is 5.70. The first-order valence-electron chi connectivity index (χ1n) is 7.04. The van der Waals surface area contributed by atoms with E-state index >= 15 is 0 Å². The highest BCUT2D eigenvalue weighted by Gasteiger charge is 2.09. The average Bonchev–Trinajstić information content (AvgIpc) is 3.09. The third-order valence-corrected chi connectivity index (χ3v) is 4.31. The summed E-state index contributed by atoms with van der Waals surface area (Å²) in [5.74, 6) is 0. The zero-order valence-corrected chi connectivity index (χ0v) is 12.8. The van der Waals surface area contributed by atoms with Crippen molar-refractivity contribution in [3.63, 3.8) is 0 Å². The van der Waals surface area contributed by atoms with Crippen LogP contribution in [-0.2, 0) is 6.54 Å². The van der Waals surface area contributed by atoms with Gasteiger partial charge >= 0.3 is 0 Å². The predicted octanol–water partition coefficient (Wildman–Crippen LogP) is 4.16. The van der Waals surface area contributed by atoms with Crippen molar-refractivity contribution in [2.24, 2.45) is 0 Å². The fourth-order valence-electron chi connectivity index (χ4n) is 2.23. The molecule has 0 amide bonds. The first-order valence-corrected chi connectivity index (χ1v) is 7.98. The third kappa shape index (κ3) is 3.67. The second kappa shape index (κ2) is 6.87. The Bertz CT molecular complexity index is 471. The average molecular weight is 277 g/mol. The van der Waals surface area contributed by atoms with Crippen molar-refractivity contribution in [1.82, 2.24) is 15.1 Å². The Kier molecular flexibility index (Phi) is 5.16. The van der Waals surface area contributed by atoms with Gasteiger partial charge in [0.1, 0.15) is 0 Å². The van der Waals surface area contributed by atoms with E-state index in [2.05, 4.69) is 65.0 Å². The highest BCUT2D eigenvalue weighted by molar-refractivity contribution is 7.07. The van der Waals surface area contributed by atoms with Crippen LogP contribution >= 0.6 is 11.3 Å². The number of thiophene rings is 1. The minimum atomic E-state index is 0.379. The van der Waals surface area contributed by atoms with Crippen molar-refractivity contribution < 1.29 is 0 Å². The Labute approximate surface area is 119 Å². The largest absolute Gasteiger partial charge is 0.304 e. The maximum absolute atomic E-state index is 4.66. The molecule has 0 saturated carbocycles. The number of hydrogen-bond acceptors (Lipinski definition) is 3. The summed E-state index contributed by atoms with van der Waals surface area (Å²) in [6.45, 7) is 7.45. The molecule has 0 aliphatic heterocycles. The number of nitrogens with zero attached hydrogens (tertiary/aromatic N) is 2. The third-order valence-electron chi connectivity index (χ3n) is 3.61. The van der Waals surface area contributed by atoms with Gasteiger partial charge in [0.2, 0.25) is 0 Å². The number of hydrogen-bond donors (Lipinski definition) is 1. The van der Waals surface area contributed by atoms with E-state index in [4.69, 9.17) is 0 Å². The molecule has 2 aromatic rings. The zero-order chi connectivity index (χ0) is 13.7. The molecule has 0 aromatic carbocycles. The van der Waals surface area contributed by atoms with Gasteiger partial charge in [0.25, 0.3) is 0 Å². The van der Waals surface area contributed by atoms with Crippen LogP contribution in [0.15, 0.2) is 29.1 Å². The Morgan fingerprint density at radius 3 is 2.74 bits per heavy atom. The van der Waals surface area contributed by atoms with Gasteiger partial charge in [0.15, 0.2) is 0 Å². The van der Waals surface area contributed by atoms with E-state index in [-0.39, 0.29) is 0 Å². The van der Waals surface area contributed by atoms with Crippen molar-refractivity contribution in [2.45, 2.75) is 52.2 Å². The molecule has 0 bridgehead atoms. The fraction of sp³-hybridized carbons (Fsp3) is 0.533. The first-order chi connectivity index (χ1) is 9.24. The first kappa shape index (κ1) is 14.3. The number of nitrogens with one attached hydrogen (secondary N) is 1. The van der Waals surface area contributed by atoms with E-state index in [1.54, 1.807) is 11.3 Å². The minimum absolute atomic E-state index is 0.379. The Hall–Kier alpha value is -1.13. The molecular formula is C15H23N3S. The van der Waals surface area contributed by atoms with E-state index in [9.17, 15) is 0 Å². The maximum Gasteiger partial charge on any atom is 0.0762 e. The molecule has 1 atom stereocenters. The van der Waals surface area contributed by atoms with Crippen LogP contribution in [0.2, 0.25) is 0 Å². The number of rotatable bonds is 7. The van der Waals surface area contributed by atoms with Crippen molar-refractivity contribution >= 4 is 11.3 Å². The summed E-state index contributed by atoms with van der Waals surface area (Å²) in [6, 6.07) is 5.20. The SMILES string of the molecule is CCC(CC)n1ccc(CNC(C)c2ccsc2)n1. The van der Waals surface area contributed by atoms with Gasteiger partial charge in [-0.05, 0) is 48.2 Å². The highest BCUT2D eigenvalue weighted by Crippen LogP contribution is 2.17. The predicted molar refractivity (Wildman–Crippen MR) is 81.4 cm³/mol. The lowest BCUT2D eigenvalue weighted by Crippen LogP contribution is -2.18. The van der Waals surface area contributed by atoms with Gasteiger partial charge in [-0.2, -0.15) is 16.4 Å². The molecule has 0 spiro atoms. The molecule has 104 valence electrons. The molecule has 1 unspecified atom stereocenters. The molecule has 0 fully saturated rings. The molecule has 1 N–H and O–H groups in total. The molecular weight excluding hydrogens is 254 g/mol. The van der Waals surface area contributed by atoms with E-state index in [0.717, 1.165) is 25.1 Å². The van der Waals surface area contributed by atoms with Crippen molar-refractivity contribution in [2.75, 3.05) is 0 Å². The van der Waals surface area contributed by atoms with Crippen LogP contribution in [0.1, 0.15) is 57.0 Å². The lowest BCUT2D eigenvalue weighted by Gasteiger charge is -2.13. The zero-order valence-electron chi connectivity index (χ0n) is 12.0. The summed E-state index contributed by atoms with van der Waals surface area (Å²) in [5.41, 5.74) is 2.47. The van der Waals surface area contributed by atoms with Crippen LogP contribution in [0, 0.1) is 0 Å². The summed E-state index contributed by atoms with van der Waals surface area (Å²) in [4.78, 5) is 0.